The van der Waals surface area contributed by atoms with Crippen LogP contribution < -0.4 is 26.6 Å². The number of rotatable bonds is 23. The molecule has 22 heteroatoms. The first-order valence-electron chi connectivity index (χ1n) is 27.5. The number of carbonyl (C=O) groups excluding carboxylic acids is 7. The number of likely N-dealkylation sites (tertiary alicyclic amines) is 1. The van der Waals surface area contributed by atoms with Crippen molar-refractivity contribution in [2.24, 2.45) is 47.3 Å². The summed E-state index contributed by atoms with van der Waals surface area (Å²) in [6, 6.07) is -1.51. The highest BCUT2D eigenvalue weighted by Gasteiger charge is 2.54. The van der Waals surface area contributed by atoms with Crippen LogP contribution in [0.25, 0.3) is 0 Å². The summed E-state index contributed by atoms with van der Waals surface area (Å²) < 4.78 is 49.8. The number of carbonyl (C=O) groups is 7. The van der Waals surface area contributed by atoms with Crippen molar-refractivity contribution in [1.29, 1.82) is 0 Å². The van der Waals surface area contributed by atoms with Gasteiger partial charge in [-0.3, -0.25) is 49.1 Å². The van der Waals surface area contributed by atoms with Gasteiger partial charge in [0.05, 0.1) is 56.5 Å². The van der Waals surface area contributed by atoms with Crippen molar-refractivity contribution in [2.45, 2.75) is 152 Å². The molecule has 0 spiro atoms. The van der Waals surface area contributed by atoms with Gasteiger partial charge in [0.15, 0.2) is 0 Å². The average Bonchev–Trinajstić information content (AvgIpc) is 4.13. The Hall–Kier alpha value is -3.25. The predicted molar refractivity (Wildman–Crippen MR) is 269 cm³/mol. The molecule has 8 fully saturated rings. The summed E-state index contributed by atoms with van der Waals surface area (Å²) in [5, 5.41) is 14.9. The maximum Gasteiger partial charge on any atom is 0.249 e. The minimum absolute atomic E-state index is 0.00718. The molecule has 8 rings (SSSR count). The molecule has 4 aliphatic carbocycles. The van der Waals surface area contributed by atoms with Gasteiger partial charge in [0.2, 0.25) is 51.4 Å². The number of fused-ring (bicyclic) bond motifs is 1. The first-order valence-corrected chi connectivity index (χ1v) is 30.4. The van der Waals surface area contributed by atoms with Gasteiger partial charge in [0, 0.05) is 63.6 Å². The van der Waals surface area contributed by atoms with Gasteiger partial charge < -0.3 is 34.9 Å². The Kier molecular flexibility index (Phi) is 20.5. The van der Waals surface area contributed by atoms with Gasteiger partial charge in [0.1, 0.15) is 17.6 Å². The first-order chi connectivity index (χ1) is 35.2. The minimum Gasteiger partial charge on any atom is -0.379 e. The average molecular weight is 1060 g/mol. The Balaban J connectivity index is 0.665. The van der Waals surface area contributed by atoms with Crippen molar-refractivity contribution in [2.75, 3.05) is 77.9 Å². The number of sulfonamides is 1. The van der Waals surface area contributed by atoms with E-state index in [0.29, 0.717) is 95.7 Å². The standard InChI is InChI=1S/C51H81N7O13S2/c1-73(66,67)57-20-18-37(26-57)46(61)53-41(47(62)56-51-54-42(31-72-51)35-8-3-2-4-9-35)30-70-27-32-10-12-36(13-11-32)45(60)52-19-21-68-28-33-6-5-7-34(24-33)29-69-22-23-71-38-14-15-39-40(25-38)50(65)58(49(39)64)43-16-17-44(59)55-48(43)63/h32-43,51,54H,2-31H2,1H3,(H,52,60)(H,53,61)(H,56,62)(H,55,59,63)/t32?,33?,34?,36?,37?,38?,39?,40?,41-,42?,43?,51?/m0/s1. The maximum atomic E-state index is 13.7. The molecule has 410 valence electrons. The van der Waals surface area contributed by atoms with Gasteiger partial charge in [0.25, 0.3) is 0 Å². The lowest BCUT2D eigenvalue weighted by Gasteiger charge is -2.30. The molecule has 4 saturated carbocycles. The topological polar surface area (TPSA) is 257 Å². The van der Waals surface area contributed by atoms with Gasteiger partial charge >= 0.3 is 0 Å². The van der Waals surface area contributed by atoms with E-state index in [9.17, 15) is 42.0 Å². The number of thioether (sulfide) groups is 1. The smallest absolute Gasteiger partial charge is 0.249 e. The molecule has 4 saturated heterocycles. The fraction of sp³-hybridized carbons (Fsp3) is 0.863. The van der Waals surface area contributed by atoms with E-state index in [4.69, 9.17) is 18.9 Å². The third-order valence-electron chi connectivity index (χ3n) is 16.9. The molecule has 0 aromatic heterocycles. The SMILES string of the molecule is CS(=O)(=O)N1CCC(C(=O)N[C@@H](COCC2CCC(C(=O)NCCOCC3CCCC(COCCOC4CCC5C(=O)N(C6CCC(=O)NC6=O)C(=O)C5C4)C3)CC2)C(=O)NC2NC(C3CCCCC3)CS2)C1. The summed E-state index contributed by atoms with van der Waals surface area (Å²) in [6.07, 6.45) is 16.8. The largest absolute Gasteiger partial charge is 0.379 e. The number of imide groups is 2. The monoisotopic (exact) mass is 1060 g/mol. The summed E-state index contributed by atoms with van der Waals surface area (Å²) >= 11 is 1.67. The molecule has 8 aliphatic rings. The van der Waals surface area contributed by atoms with E-state index in [-0.39, 0.29) is 91.4 Å². The summed E-state index contributed by atoms with van der Waals surface area (Å²) in [5.74, 6) is -1.23. The molecule has 10 atom stereocenters. The van der Waals surface area contributed by atoms with Gasteiger partial charge in [-0.1, -0.05) is 25.7 Å². The lowest BCUT2D eigenvalue weighted by molar-refractivity contribution is -0.151. The molecule has 4 heterocycles. The Morgan fingerprint density at radius 3 is 2.19 bits per heavy atom. The summed E-state index contributed by atoms with van der Waals surface area (Å²) in [6.45, 7) is 3.75. The number of amides is 7. The molecule has 0 bridgehead atoms. The van der Waals surface area contributed by atoms with E-state index >= 15 is 0 Å². The Labute approximate surface area is 435 Å². The molecular formula is C51H81N7O13S2. The van der Waals surface area contributed by atoms with Crippen LogP contribution in [0.3, 0.4) is 0 Å². The molecule has 9 unspecified atom stereocenters. The van der Waals surface area contributed by atoms with E-state index in [1.54, 1.807) is 11.8 Å². The van der Waals surface area contributed by atoms with Crippen LogP contribution in [0.5, 0.6) is 0 Å². The van der Waals surface area contributed by atoms with E-state index < -0.39 is 45.8 Å². The second kappa shape index (κ2) is 26.7. The Morgan fingerprint density at radius 1 is 0.740 bits per heavy atom. The molecule has 0 aromatic rings. The zero-order valence-corrected chi connectivity index (χ0v) is 44.4. The van der Waals surface area contributed by atoms with Gasteiger partial charge in [-0.05, 0) is 114 Å². The highest BCUT2D eigenvalue weighted by atomic mass is 32.2. The van der Waals surface area contributed by atoms with E-state index in [1.807, 2.05) is 0 Å². The molecule has 20 nitrogen and oxygen atoms in total. The zero-order valence-electron chi connectivity index (χ0n) is 42.7. The molecular weight excluding hydrogens is 983 g/mol. The zero-order chi connectivity index (χ0) is 51.5. The third-order valence-corrected chi connectivity index (χ3v) is 19.3. The van der Waals surface area contributed by atoms with E-state index in [0.717, 1.165) is 68.3 Å². The Bertz CT molecular complexity index is 2060. The molecule has 7 amide bonds. The fourth-order valence-electron chi connectivity index (χ4n) is 12.7. The van der Waals surface area contributed by atoms with Crippen LogP contribution in [0.2, 0.25) is 0 Å². The highest BCUT2D eigenvalue weighted by Crippen LogP contribution is 2.41. The number of piperidine rings is 1. The van der Waals surface area contributed by atoms with Crippen LogP contribution in [0.1, 0.15) is 122 Å². The van der Waals surface area contributed by atoms with Crippen molar-refractivity contribution in [1.82, 2.24) is 35.8 Å². The second-order valence-corrected chi connectivity index (χ2v) is 25.3. The molecule has 73 heavy (non-hydrogen) atoms. The summed E-state index contributed by atoms with van der Waals surface area (Å²) in [5.41, 5.74) is -0.261. The summed E-state index contributed by atoms with van der Waals surface area (Å²) in [4.78, 5) is 91.7. The quantitative estimate of drug-likeness (QED) is 0.0727. The van der Waals surface area contributed by atoms with E-state index in [1.165, 1.54) is 36.4 Å². The fourth-order valence-corrected chi connectivity index (χ4v) is 14.8. The van der Waals surface area contributed by atoms with Gasteiger partial charge in [-0.2, -0.15) is 0 Å². The van der Waals surface area contributed by atoms with Crippen LogP contribution in [0, 0.1) is 47.3 Å². The lowest BCUT2D eigenvalue weighted by atomic mass is 9.79. The van der Waals surface area contributed by atoms with E-state index in [2.05, 4.69) is 26.6 Å². The number of nitrogens with one attached hydrogen (secondary N) is 5. The molecule has 0 radical (unpaired) electrons. The number of hydrogen-bond donors (Lipinski definition) is 5. The number of ether oxygens (including phenoxy) is 4. The maximum absolute atomic E-state index is 13.7. The second-order valence-electron chi connectivity index (χ2n) is 22.2. The number of nitrogens with zero attached hydrogens (tertiary/aromatic N) is 2. The van der Waals surface area contributed by atoms with Crippen LogP contribution in [0.15, 0.2) is 0 Å². The van der Waals surface area contributed by atoms with Crippen molar-refractivity contribution in [3.63, 3.8) is 0 Å². The summed E-state index contributed by atoms with van der Waals surface area (Å²) in [7, 11) is -3.42. The number of hydrogen-bond acceptors (Lipinski definition) is 15. The lowest BCUT2D eigenvalue weighted by Crippen LogP contribution is -2.55. The van der Waals surface area contributed by atoms with Crippen molar-refractivity contribution < 1.29 is 60.9 Å². The van der Waals surface area contributed by atoms with Crippen LogP contribution >= 0.6 is 11.8 Å². The Morgan fingerprint density at radius 2 is 1.47 bits per heavy atom. The minimum atomic E-state index is -3.42. The highest BCUT2D eigenvalue weighted by molar-refractivity contribution is 8.00. The predicted octanol–water partition coefficient (Wildman–Crippen LogP) is 2.19. The van der Waals surface area contributed by atoms with Crippen molar-refractivity contribution >= 4 is 63.1 Å². The third kappa shape index (κ3) is 15.5. The van der Waals surface area contributed by atoms with Crippen LogP contribution in [0.4, 0.5) is 0 Å². The first kappa shape index (κ1) is 56.0. The van der Waals surface area contributed by atoms with Gasteiger partial charge in [-0.15, -0.1) is 11.8 Å². The normalized spacial score (nSPS) is 33.1. The van der Waals surface area contributed by atoms with Gasteiger partial charge in [-0.25, -0.2) is 12.7 Å². The molecule has 4 aliphatic heterocycles. The van der Waals surface area contributed by atoms with Crippen LogP contribution in [-0.4, -0.2) is 167 Å². The van der Waals surface area contributed by atoms with Crippen molar-refractivity contribution in [3.8, 4) is 0 Å². The van der Waals surface area contributed by atoms with Crippen molar-refractivity contribution in [3.05, 3.63) is 0 Å². The molecule has 5 N–H and O–H groups in total. The molecule has 0 aromatic carbocycles. The van der Waals surface area contributed by atoms with Crippen LogP contribution in [-0.2, 0) is 62.5 Å².